The largest absolute Gasteiger partial charge is 0.478 e. The molecule has 3 N–H and O–H groups in total. The van der Waals surface area contributed by atoms with E-state index in [0.717, 1.165) is 13.0 Å². The standard InChI is InChI=1S/C13H18N2O3/c1-9-8-15(6-3-7-18-9)12-10(13(16)17)4-2-5-11(12)14/h2,4-5,9H,3,6-8,14H2,1H3,(H,16,17). The zero-order valence-corrected chi connectivity index (χ0v) is 10.4. The van der Waals surface area contributed by atoms with Gasteiger partial charge in [0.05, 0.1) is 23.0 Å². The number of rotatable bonds is 2. The maximum absolute atomic E-state index is 11.3. The molecule has 1 unspecified atom stereocenters. The van der Waals surface area contributed by atoms with Crippen LogP contribution in [0.15, 0.2) is 18.2 Å². The molecule has 1 saturated heterocycles. The van der Waals surface area contributed by atoms with Crippen LogP contribution in [-0.2, 0) is 4.74 Å². The molecule has 18 heavy (non-hydrogen) atoms. The van der Waals surface area contributed by atoms with Gasteiger partial charge in [0.1, 0.15) is 0 Å². The summed E-state index contributed by atoms with van der Waals surface area (Å²) in [5.74, 6) is -0.949. The van der Waals surface area contributed by atoms with Gasteiger partial charge in [-0.15, -0.1) is 0 Å². The Balaban J connectivity index is 2.39. The van der Waals surface area contributed by atoms with Crippen LogP contribution >= 0.6 is 0 Å². The van der Waals surface area contributed by atoms with Crippen LogP contribution in [0.4, 0.5) is 11.4 Å². The van der Waals surface area contributed by atoms with Crippen molar-refractivity contribution < 1.29 is 14.6 Å². The molecule has 1 aliphatic rings. The first-order valence-corrected chi connectivity index (χ1v) is 6.08. The SMILES string of the molecule is CC1CN(c2c(N)cccc2C(=O)O)CCCO1. The van der Waals surface area contributed by atoms with E-state index < -0.39 is 5.97 Å². The van der Waals surface area contributed by atoms with Gasteiger partial charge in [-0.05, 0) is 25.5 Å². The van der Waals surface area contributed by atoms with E-state index in [1.807, 2.05) is 11.8 Å². The predicted molar refractivity (Wildman–Crippen MR) is 70.1 cm³/mol. The molecule has 1 fully saturated rings. The summed E-state index contributed by atoms with van der Waals surface area (Å²) in [6.07, 6.45) is 0.950. The van der Waals surface area contributed by atoms with Crippen molar-refractivity contribution in [3.05, 3.63) is 23.8 Å². The molecule has 0 radical (unpaired) electrons. The second kappa shape index (κ2) is 5.27. The number of carboxylic acids is 1. The molecule has 0 aromatic heterocycles. The topological polar surface area (TPSA) is 75.8 Å². The molecular weight excluding hydrogens is 232 g/mol. The average molecular weight is 250 g/mol. The molecule has 0 bridgehead atoms. The van der Waals surface area contributed by atoms with Crippen LogP contribution in [0, 0.1) is 0 Å². The average Bonchev–Trinajstić information content (AvgIpc) is 2.53. The molecule has 2 rings (SSSR count). The first-order chi connectivity index (χ1) is 8.59. The molecule has 5 heteroatoms. The minimum Gasteiger partial charge on any atom is -0.478 e. The zero-order valence-electron chi connectivity index (χ0n) is 10.4. The second-order valence-corrected chi connectivity index (χ2v) is 4.53. The third-order valence-electron chi connectivity index (χ3n) is 3.07. The molecule has 1 aromatic carbocycles. The number of nitrogens with zero attached hydrogens (tertiary/aromatic N) is 1. The summed E-state index contributed by atoms with van der Waals surface area (Å²) in [5, 5.41) is 9.24. The smallest absolute Gasteiger partial charge is 0.337 e. The molecule has 0 amide bonds. The maximum atomic E-state index is 11.3. The fourth-order valence-corrected chi connectivity index (χ4v) is 2.28. The highest BCUT2D eigenvalue weighted by molar-refractivity contribution is 5.98. The molecule has 5 nitrogen and oxygen atoms in total. The molecule has 1 aromatic rings. The Morgan fingerprint density at radius 1 is 1.56 bits per heavy atom. The predicted octanol–water partition coefficient (Wildman–Crippen LogP) is 1.58. The molecule has 1 heterocycles. The number of carboxylic acid groups (broad SMARTS) is 1. The van der Waals surface area contributed by atoms with Gasteiger partial charge >= 0.3 is 5.97 Å². The van der Waals surface area contributed by atoms with Crippen LogP contribution in [-0.4, -0.2) is 36.9 Å². The van der Waals surface area contributed by atoms with Gasteiger partial charge in [0.25, 0.3) is 0 Å². The van der Waals surface area contributed by atoms with Gasteiger partial charge in [-0.1, -0.05) is 6.07 Å². The van der Waals surface area contributed by atoms with Gasteiger partial charge in [-0.2, -0.15) is 0 Å². The summed E-state index contributed by atoms with van der Waals surface area (Å²) < 4.78 is 5.56. The van der Waals surface area contributed by atoms with E-state index in [4.69, 9.17) is 10.5 Å². The Bertz CT molecular complexity index is 448. The lowest BCUT2D eigenvalue weighted by molar-refractivity contribution is 0.0696. The highest BCUT2D eigenvalue weighted by Crippen LogP contribution is 2.29. The van der Waals surface area contributed by atoms with Crippen molar-refractivity contribution >= 4 is 17.3 Å². The van der Waals surface area contributed by atoms with Crippen LogP contribution in [0.5, 0.6) is 0 Å². The Morgan fingerprint density at radius 3 is 3.06 bits per heavy atom. The minimum atomic E-state index is -0.949. The van der Waals surface area contributed by atoms with E-state index in [2.05, 4.69) is 0 Å². The summed E-state index contributed by atoms with van der Waals surface area (Å²) in [6.45, 7) is 4.11. The Hall–Kier alpha value is -1.75. The number of nitrogens with two attached hydrogens (primary N) is 1. The summed E-state index contributed by atoms with van der Waals surface area (Å²) >= 11 is 0. The molecule has 0 saturated carbocycles. The lowest BCUT2D eigenvalue weighted by atomic mass is 10.1. The molecule has 0 spiro atoms. The lowest BCUT2D eigenvalue weighted by Gasteiger charge is -2.27. The fourth-order valence-electron chi connectivity index (χ4n) is 2.28. The molecule has 1 atom stereocenters. The summed E-state index contributed by atoms with van der Waals surface area (Å²) in [4.78, 5) is 13.3. The van der Waals surface area contributed by atoms with Crippen molar-refractivity contribution in [1.29, 1.82) is 0 Å². The van der Waals surface area contributed by atoms with E-state index in [9.17, 15) is 9.90 Å². The number of anilines is 2. The number of benzene rings is 1. The first kappa shape index (κ1) is 12.7. The number of hydrogen-bond acceptors (Lipinski definition) is 4. The van der Waals surface area contributed by atoms with Crippen molar-refractivity contribution in [3.8, 4) is 0 Å². The van der Waals surface area contributed by atoms with Gasteiger partial charge in [0.2, 0.25) is 0 Å². The fraction of sp³-hybridized carbons (Fsp3) is 0.462. The molecular formula is C13H18N2O3. The zero-order chi connectivity index (χ0) is 13.1. The van der Waals surface area contributed by atoms with Gasteiger partial charge in [0.15, 0.2) is 0 Å². The van der Waals surface area contributed by atoms with Crippen molar-refractivity contribution in [2.75, 3.05) is 30.3 Å². The van der Waals surface area contributed by atoms with Crippen LogP contribution in [0.1, 0.15) is 23.7 Å². The number of nitrogen functional groups attached to an aromatic ring is 1. The van der Waals surface area contributed by atoms with Crippen molar-refractivity contribution in [1.82, 2.24) is 0 Å². The number of ether oxygens (including phenoxy) is 1. The Labute approximate surface area is 106 Å². The van der Waals surface area contributed by atoms with E-state index in [0.29, 0.717) is 24.5 Å². The Kier molecular flexibility index (Phi) is 3.72. The highest BCUT2D eigenvalue weighted by atomic mass is 16.5. The second-order valence-electron chi connectivity index (χ2n) is 4.53. The van der Waals surface area contributed by atoms with E-state index in [1.165, 1.54) is 0 Å². The monoisotopic (exact) mass is 250 g/mol. The minimum absolute atomic E-state index is 0.0775. The summed E-state index contributed by atoms with van der Waals surface area (Å²) in [6, 6.07) is 4.99. The quantitative estimate of drug-likeness (QED) is 0.779. The number of aromatic carboxylic acids is 1. The summed E-state index contributed by atoms with van der Waals surface area (Å²) in [7, 11) is 0. The number of carbonyl (C=O) groups is 1. The van der Waals surface area contributed by atoms with Crippen LogP contribution in [0.3, 0.4) is 0 Å². The summed E-state index contributed by atoms with van der Waals surface area (Å²) in [5.41, 5.74) is 7.31. The van der Waals surface area contributed by atoms with E-state index in [-0.39, 0.29) is 11.7 Å². The highest BCUT2D eigenvalue weighted by Gasteiger charge is 2.22. The van der Waals surface area contributed by atoms with Crippen LogP contribution < -0.4 is 10.6 Å². The van der Waals surface area contributed by atoms with Gasteiger partial charge in [-0.25, -0.2) is 4.79 Å². The van der Waals surface area contributed by atoms with E-state index in [1.54, 1.807) is 18.2 Å². The normalized spacial score (nSPS) is 20.5. The van der Waals surface area contributed by atoms with Crippen molar-refractivity contribution in [3.63, 3.8) is 0 Å². The number of para-hydroxylation sites is 1. The third kappa shape index (κ3) is 2.56. The Morgan fingerprint density at radius 2 is 2.33 bits per heavy atom. The lowest BCUT2D eigenvalue weighted by Crippen LogP contribution is -2.32. The van der Waals surface area contributed by atoms with Gasteiger partial charge in [-0.3, -0.25) is 0 Å². The molecule has 0 aliphatic carbocycles. The molecule has 1 aliphatic heterocycles. The first-order valence-electron chi connectivity index (χ1n) is 6.08. The van der Waals surface area contributed by atoms with Gasteiger partial charge in [0, 0.05) is 19.7 Å². The van der Waals surface area contributed by atoms with E-state index >= 15 is 0 Å². The third-order valence-corrected chi connectivity index (χ3v) is 3.07. The maximum Gasteiger partial charge on any atom is 0.337 e. The van der Waals surface area contributed by atoms with Gasteiger partial charge < -0.3 is 20.5 Å². The van der Waals surface area contributed by atoms with Crippen molar-refractivity contribution in [2.24, 2.45) is 0 Å². The van der Waals surface area contributed by atoms with Crippen LogP contribution in [0.25, 0.3) is 0 Å². The van der Waals surface area contributed by atoms with Crippen molar-refractivity contribution in [2.45, 2.75) is 19.4 Å². The molecule has 98 valence electrons. The number of hydrogen-bond donors (Lipinski definition) is 2. The van der Waals surface area contributed by atoms with Crippen LogP contribution in [0.2, 0.25) is 0 Å².